The van der Waals surface area contributed by atoms with Gasteiger partial charge in [-0.05, 0) is 48.5 Å². The minimum atomic E-state index is -0.260. The standard InChI is InChI=1S/C25H19BrCl3N3O2/c1-14(2)24-31-22-7-4-17(26)10-20(22)25(33)32(24)30-12-16-9-18(27)6-8-23(16)34-13-15-3-5-19(28)11-21(15)29/h3-12,14H,13H2,1-2H3. The van der Waals surface area contributed by atoms with Crippen molar-refractivity contribution in [3.05, 3.63) is 101 Å². The monoisotopic (exact) mass is 577 g/mol. The fraction of sp³-hybridized carbons (Fsp3) is 0.160. The normalized spacial score (nSPS) is 11.6. The molecule has 0 saturated heterocycles. The van der Waals surface area contributed by atoms with Crippen LogP contribution in [0.5, 0.6) is 5.75 Å². The highest BCUT2D eigenvalue weighted by molar-refractivity contribution is 9.10. The number of ether oxygens (including phenoxy) is 1. The Bertz CT molecular complexity index is 1470. The smallest absolute Gasteiger partial charge is 0.282 e. The van der Waals surface area contributed by atoms with Gasteiger partial charge in [-0.15, -0.1) is 0 Å². The van der Waals surface area contributed by atoms with Crippen molar-refractivity contribution in [3.63, 3.8) is 0 Å². The van der Waals surface area contributed by atoms with Crippen molar-refractivity contribution in [2.75, 3.05) is 0 Å². The van der Waals surface area contributed by atoms with Gasteiger partial charge >= 0.3 is 0 Å². The first-order chi connectivity index (χ1) is 16.2. The van der Waals surface area contributed by atoms with E-state index in [1.165, 1.54) is 4.68 Å². The van der Waals surface area contributed by atoms with E-state index in [9.17, 15) is 4.79 Å². The van der Waals surface area contributed by atoms with Gasteiger partial charge < -0.3 is 4.74 Å². The molecule has 0 amide bonds. The average molecular weight is 580 g/mol. The van der Waals surface area contributed by atoms with Crippen LogP contribution >= 0.6 is 50.7 Å². The molecule has 0 radical (unpaired) electrons. The van der Waals surface area contributed by atoms with Gasteiger partial charge in [-0.3, -0.25) is 4.79 Å². The molecule has 3 aromatic carbocycles. The second-order valence-electron chi connectivity index (χ2n) is 7.85. The van der Waals surface area contributed by atoms with Crippen LogP contribution in [0.2, 0.25) is 15.1 Å². The number of fused-ring (bicyclic) bond motifs is 1. The summed E-state index contributed by atoms with van der Waals surface area (Å²) in [6, 6.07) is 15.8. The number of hydrogen-bond donors (Lipinski definition) is 0. The second-order valence-corrected chi connectivity index (χ2v) is 10.1. The van der Waals surface area contributed by atoms with E-state index in [1.807, 2.05) is 32.0 Å². The Kier molecular flexibility index (Phi) is 7.63. The van der Waals surface area contributed by atoms with E-state index in [2.05, 4.69) is 26.0 Å². The van der Waals surface area contributed by atoms with Crippen LogP contribution in [0.1, 0.15) is 36.7 Å². The molecule has 0 bridgehead atoms. The number of nitrogens with zero attached hydrogens (tertiary/aromatic N) is 3. The highest BCUT2D eigenvalue weighted by atomic mass is 79.9. The molecule has 34 heavy (non-hydrogen) atoms. The molecule has 174 valence electrons. The molecule has 0 aliphatic rings. The number of aromatic nitrogens is 2. The first-order valence-corrected chi connectivity index (χ1v) is 12.3. The van der Waals surface area contributed by atoms with Crippen LogP contribution in [-0.2, 0) is 6.61 Å². The third kappa shape index (κ3) is 5.47. The van der Waals surface area contributed by atoms with Crippen LogP contribution in [0.3, 0.4) is 0 Å². The Hall–Kier alpha value is -2.38. The van der Waals surface area contributed by atoms with Crippen LogP contribution in [-0.4, -0.2) is 15.9 Å². The Morgan fingerprint density at radius 1 is 1.06 bits per heavy atom. The topological polar surface area (TPSA) is 56.5 Å². The Morgan fingerprint density at radius 3 is 2.53 bits per heavy atom. The van der Waals surface area contributed by atoms with Crippen molar-refractivity contribution < 1.29 is 4.74 Å². The van der Waals surface area contributed by atoms with Crippen molar-refractivity contribution >= 4 is 67.9 Å². The van der Waals surface area contributed by atoms with Gasteiger partial charge in [0.25, 0.3) is 5.56 Å². The van der Waals surface area contributed by atoms with Gasteiger partial charge in [0.2, 0.25) is 0 Å². The summed E-state index contributed by atoms with van der Waals surface area (Å²) in [4.78, 5) is 17.9. The van der Waals surface area contributed by atoms with Gasteiger partial charge in [-0.1, -0.05) is 70.6 Å². The summed E-state index contributed by atoms with van der Waals surface area (Å²) in [5, 5.41) is 6.52. The first-order valence-electron chi connectivity index (χ1n) is 10.4. The van der Waals surface area contributed by atoms with Crippen molar-refractivity contribution in [2.45, 2.75) is 26.4 Å². The molecule has 4 aromatic rings. The van der Waals surface area contributed by atoms with Gasteiger partial charge in [0.1, 0.15) is 18.2 Å². The highest BCUT2D eigenvalue weighted by Gasteiger charge is 2.14. The Morgan fingerprint density at radius 2 is 1.79 bits per heavy atom. The van der Waals surface area contributed by atoms with Crippen LogP contribution in [0.15, 0.2) is 69.0 Å². The lowest BCUT2D eigenvalue weighted by atomic mass is 10.2. The van der Waals surface area contributed by atoms with E-state index >= 15 is 0 Å². The minimum Gasteiger partial charge on any atom is -0.488 e. The molecule has 0 saturated carbocycles. The molecule has 0 aliphatic heterocycles. The summed E-state index contributed by atoms with van der Waals surface area (Å²) in [5.74, 6) is 1.06. The van der Waals surface area contributed by atoms with E-state index in [-0.39, 0.29) is 18.1 Å². The predicted molar refractivity (Wildman–Crippen MR) is 143 cm³/mol. The molecule has 0 spiro atoms. The lowest BCUT2D eigenvalue weighted by molar-refractivity contribution is 0.306. The summed E-state index contributed by atoms with van der Waals surface area (Å²) in [6.07, 6.45) is 1.55. The van der Waals surface area contributed by atoms with Gasteiger partial charge in [0.15, 0.2) is 0 Å². The van der Waals surface area contributed by atoms with Gasteiger partial charge in [-0.25, -0.2) is 4.98 Å². The molecule has 1 aromatic heterocycles. The first kappa shape index (κ1) is 24.7. The molecular formula is C25H19BrCl3N3O2. The number of benzene rings is 3. The lowest BCUT2D eigenvalue weighted by Crippen LogP contribution is -2.23. The number of halogens is 4. The van der Waals surface area contributed by atoms with Crippen molar-refractivity contribution in [2.24, 2.45) is 5.10 Å². The minimum absolute atomic E-state index is 0.0278. The van der Waals surface area contributed by atoms with E-state index in [1.54, 1.807) is 42.6 Å². The number of hydrogen-bond acceptors (Lipinski definition) is 4. The summed E-state index contributed by atoms with van der Waals surface area (Å²) < 4.78 is 8.10. The molecule has 0 atom stereocenters. The van der Waals surface area contributed by atoms with Crippen LogP contribution in [0, 0.1) is 0 Å². The van der Waals surface area contributed by atoms with Crippen LogP contribution in [0.25, 0.3) is 10.9 Å². The Balaban J connectivity index is 1.72. The molecule has 0 fully saturated rings. The molecule has 1 heterocycles. The third-order valence-corrected chi connectivity index (χ3v) is 6.35. The second kappa shape index (κ2) is 10.5. The third-order valence-electron chi connectivity index (χ3n) is 5.03. The maximum absolute atomic E-state index is 13.3. The number of rotatable bonds is 6. The zero-order chi connectivity index (χ0) is 24.4. The quantitative estimate of drug-likeness (QED) is 0.220. The summed E-state index contributed by atoms with van der Waals surface area (Å²) >= 11 is 21.9. The zero-order valence-corrected chi connectivity index (χ0v) is 22.1. The summed E-state index contributed by atoms with van der Waals surface area (Å²) in [7, 11) is 0. The van der Waals surface area contributed by atoms with Gasteiger partial charge in [0.05, 0.1) is 17.1 Å². The highest BCUT2D eigenvalue weighted by Crippen LogP contribution is 2.26. The van der Waals surface area contributed by atoms with E-state index in [4.69, 9.17) is 39.5 Å². The maximum atomic E-state index is 13.3. The molecule has 9 heteroatoms. The molecule has 5 nitrogen and oxygen atoms in total. The fourth-order valence-electron chi connectivity index (χ4n) is 3.32. The van der Waals surface area contributed by atoms with Crippen molar-refractivity contribution in [3.8, 4) is 5.75 Å². The van der Waals surface area contributed by atoms with Gasteiger partial charge in [-0.2, -0.15) is 9.78 Å². The predicted octanol–water partition coefficient (Wildman–Crippen LogP) is 7.70. The van der Waals surface area contributed by atoms with Crippen molar-refractivity contribution in [1.82, 2.24) is 9.66 Å². The van der Waals surface area contributed by atoms with Gasteiger partial charge in [0, 0.05) is 36.6 Å². The Labute approximate surface area is 220 Å². The molecule has 0 aliphatic carbocycles. The average Bonchev–Trinajstić information content (AvgIpc) is 2.79. The SMILES string of the molecule is CC(C)c1nc2ccc(Br)cc2c(=O)n1N=Cc1cc(Cl)ccc1OCc1ccc(Cl)cc1Cl. The largest absolute Gasteiger partial charge is 0.488 e. The van der Waals surface area contributed by atoms with E-state index < -0.39 is 0 Å². The molecule has 4 rings (SSSR count). The van der Waals surface area contributed by atoms with Crippen LogP contribution < -0.4 is 10.3 Å². The van der Waals surface area contributed by atoms with E-state index in [0.717, 1.165) is 10.0 Å². The molecular weight excluding hydrogens is 561 g/mol. The fourth-order valence-corrected chi connectivity index (χ4v) is 4.32. The molecule has 0 unspecified atom stereocenters. The molecule has 0 N–H and O–H groups in total. The van der Waals surface area contributed by atoms with E-state index in [0.29, 0.717) is 43.1 Å². The summed E-state index contributed by atoms with van der Waals surface area (Å²) in [6.45, 7) is 4.14. The zero-order valence-electron chi connectivity index (χ0n) is 18.2. The lowest BCUT2D eigenvalue weighted by Gasteiger charge is -2.13. The van der Waals surface area contributed by atoms with Crippen LogP contribution in [0.4, 0.5) is 0 Å². The summed E-state index contributed by atoms with van der Waals surface area (Å²) in [5.41, 5.74) is 1.75. The maximum Gasteiger partial charge on any atom is 0.282 e. The van der Waals surface area contributed by atoms with Crippen molar-refractivity contribution in [1.29, 1.82) is 0 Å².